The predicted octanol–water partition coefficient (Wildman–Crippen LogP) is 4.59. The molecule has 1 atom stereocenters. The first-order valence-corrected chi connectivity index (χ1v) is 11.0. The number of nitrogens with one attached hydrogen (secondary N) is 2. The van der Waals surface area contributed by atoms with Crippen LogP contribution in [0.5, 0.6) is 0 Å². The van der Waals surface area contributed by atoms with Crippen LogP contribution in [-0.2, 0) is 16.0 Å². The van der Waals surface area contributed by atoms with Gasteiger partial charge in [-0.1, -0.05) is 17.7 Å². The lowest BCUT2D eigenvalue weighted by Crippen LogP contribution is -2.15. The van der Waals surface area contributed by atoms with Gasteiger partial charge in [-0.15, -0.1) is 11.3 Å². The summed E-state index contributed by atoms with van der Waals surface area (Å²) >= 11 is 6.54. The highest BCUT2D eigenvalue weighted by Gasteiger charge is 2.34. The summed E-state index contributed by atoms with van der Waals surface area (Å²) in [5.74, 6) is -0.593. The van der Waals surface area contributed by atoms with Crippen molar-refractivity contribution in [2.24, 2.45) is 0 Å². The number of sulfone groups is 1. The second-order valence-electron chi connectivity index (χ2n) is 6.11. The summed E-state index contributed by atoms with van der Waals surface area (Å²) in [6, 6.07) is 2.75. The van der Waals surface area contributed by atoms with E-state index in [0.29, 0.717) is 16.9 Å². The topological polar surface area (TPSA) is 87.7 Å². The molecule has 6 nitrogen and oxygen atoms in total. The number of imidazole rings is 1. The largest absolute Gasteiger partial charge is 0.434 e. The van der Waals surface area contributed by atoms with Crippen LogP contribution in [0.2, 0.25) is 5.02 Å². The van der Waals surface area contributed by atoms with E-state index in [0.717, 1.165) is 17.7 Å². The van der Waals surface area contributed by atoms with Crippen LogP contribution < -0.4 is 5.32 Å². The fourth-order valence-electron chi connectivity index (χ4n) is 2.56. The number of nitrogens with zero attached hydrogens (tertiary/aromatic N) is 2. The van der Waals surface area contributed by atoms with Crippen LogP contribution in [0.15, 0.2) is 28.6 Å². The van der Waals surface area contributed by atoms with Gasteiger partial charge >= 0.3 is 6.18 Å². The summed E-state index contributed by atoms with van der Waals surface area (Å²) in [6.07, 6.45) is -3.64. The summed E-state index contributed by atoms with van der Waals surface area (Å²) < 4.78 is 75.9. The Hall–Kier alpha value is -2.18. The van der Waals surface area contributed by atoms with Crippen LogP contribution in [0.4, 0.5) is 22.7 Å². The fourth-order valence-corrected chi connectivity index (χ4v) is 4.37. The summed E-state index contributed by atoms with van der Waals surface area (Å²) in [6.45, 7) is 1.49. The lowest BCUT2D eigenvalue weighted by molar-refractivity contribution is -0.140. The van der Waals surface area contributed by atoms with Gasteiger partial charge in [-0.05, 0) is 24.6 Å². The quantitative estimate of drug-likeness (QED) is 0.535. The van der Waals surface area contributed by atoms with Crippen molar-refractivity contribution in [1.29, 1.82) is 0 Å². The van der Waals surface area contributed by atoms with Crippen molar-refractivity contribution in [3.8, 4) is 0 Å². The third-order valence-corrected chi connectivity index (χ3v) is 5.99. The molecule has 0 saturated carbocycles. The van der Waals surface area contributed by atoms with E-state index in [9.17, 15) is 26.0 Å². The molecule has 156 valence electrons. The van der Waals surface area contributed by atoms with Crippen LogP contribution in [0, 0.1) is 12.7 Å². The molecule has 2 N–H and O–H groups in total. The first-order chi connectivity index (χ1) is 13.4. The number of anilines is 1. The van der Waals surface area contributed by atoms with E-state index in [1.54, 1.807) is 0 Å². The highest BCUT2D eigenvalue weighted by Crippen LogP contribution is 2.34. The number of alkyl halides is 3. The van der Waals surface area contributed by atoms with Crippen molar-refractivity contribution in [3.05, 3.63) is 57.2 Å². The van der Waals surface area contributed by atoms with Gasteiger partial charge in [0.15, 0.2) is 25.7 Å². The molecule has 0 aliphatic carbocycles. The van der Waals surface area contributed by atoms with Gasteiger partial charge in [0.05, 0.1) is 10.7 Å². The van der Waals surface area contributed by atoms with E-state index in [1.807, 2.05) is 0 Å². The van der Waals surface area contributed by atoms with Gasteiger partial charge in [-0.3, -0.25) is 0 Å². The molecule has 3 aromatic rings. The van der Waals surface area contributed by atoms with Crippen LogP contribution >= 0.6 is 22.9 Å². The van der Waals surface area contributed by atoms with E-state index in [2.05, 4.69) is 20.3 Å². The molecule has 0 radical (unpaired) electrons. The number of halogens is 5. The minimum absolute atomic E-state index is 0.0854. The number of aromatic amines is 1. The zero-order valence-electron chi connectivity index (χ0n) is 14.8. The minimum Gasteiger partial charge on any atom is -0.348 e. The smallest absolute Gasteiger partial charge is 0.348 e. The lowest BCUT2D eigenvalue weighted by Gasteiger charge is -2.17. The third-order valence-electron chi connectivity index (χ3n) is 3.82. The number of rotatable bonds is 5. The molecule has 0 amide bonds. The first-order valence-electron chi connectivity index (χ1n) is 7.87. The third kappa shape index (κ3) is 4.70. The molecule has 0 aliphatic heterocycles. The van der Waals surface area contributed by atoms with Crippen LogP contribution in [0.3, 0.4) is 0 Å². The molecule has 1 unspecified atom stereocenters. The molecule has 13 heteroatoms. The Morgan fingerprint density at radius 1 is 1.28 bits per heavy atom. The monoisotopic (exact) mass is 468 g/mol. The number of H-pyrrole nitrogens is 1. The number of benzene rings is 1. The second-order valence-corrected chi connectivity index (χ2v) is 9.31. The molecular formula is C16H13ClF4N4O2S2. The van der Waals surface area contributed by atoms with E-state index >= 15 is 0 Å². The number of thiazole rings is 1. The molecule has 2 aromatic heterocycles. The molecule has 1 aromatic carbocycles. The average Bonchev–Trinajstić information content (AvgIpc) is 3.21. The summed E-state index contributed by atoms with van der Waals surface area (Å²) in [7, 11) is -3.65. The Bertz CT molecular complexity index is 1160. The predicted molar refractivity (Wildman–Crippen MR) is 100 cm³/mol. The maximum Gasteiger partial charge on any atom is 0.434 e. The molecule has 29 heavy (non-hydrogen) atoms. The van der Waals surface area contributed by atoms with Crippen LogP contribution in [0.1, 0.15) is 28.8 Å². The van der Waals surface area contributed by atoms with Gasteiger partial charge in [-0.25, -0.2) is 22.8 Å². The van der Waals surface area contributed by atoms with E-state index in [-0.39, 0.29) is 26.7 Å². The Labute approximate surface area is 171 Å². The molecule has 0 spiro atoms. The van der Waals surface area contributed by atoms with E-state index < -0.39 is 33.6 Å². The first kappa shape index (κ1) is 21.5. The summed E-state index contributed by atoms with van der Waals surface area (Å²) in [4.78, 5) is 10.4. The molecule has 0 aliphatic rings. The SMILES string of the molecule is Cc1[nH]c(C(Nc2nc(C(F)(F)F)cs2)c2ccc(F)c(Cl)c2)nc1S(C)(=O)=O. The van der Waals surface area contributed by atoms with Crippen molar-refractivity contribution in [1.82, 2.24) is 15.0 Å². The Morgan fingerprint density at radius 2 is 1.97 bits per heavy atom. The molecule has 3 rings (SSSR count). The highest BCUT2D eigenvalue weighted by atomic mass is 35.5. The van der Waals surface area contributed by atoms with Crippen LogP contribution in [0.25, 0.3) is 0 Å². The van der Waals surface area contributed by atoms with Gasteiger partial charge in [0.25, 0.3) is 0 Å². The molecule has 0 bridgehead atoms. The van der Waals surface area contributed by atoms with Crippen molar-refractivity contribution in [2.45, 2.75) is 24.2 Å². The average molecular weight is 469 g/mol. The number of aryl methyl sites for hydroxylation is 1. The van der Waals surface area contributed by atoms with Crippen molar-refractivity contribution in [2.75, 3.05) is 11.6 Å². The highest BCUT2D eigenvalue weighted by molar-refractivity contribution is 7.90. The maximum absolute atomic E-state index is 13.6. The Balaban J connectivity index is 2.07. The van der Waals surface area contributed by atoms with E-state index in [4.69, 9.17) is 11.6 Å². The van der Waals surface area contributed by atoms with Gasteiger partial charge < -0.3 is 10.3 Å². The number of aromatic nitrogens is 3. The van der Waals surface area contributed by atoms with Gasteiger partial charge in [0.2, 0.25) is 0 Å². The normalized spacial score (nSPS) is 13.5. The zero-order valence-corrected chi connectivity index (χ0v) is 17.2. The molecular weight excluding hydrogens is 456 g/mol. The summed E-state index contributed by atoms with van der Waals surface area (Å²) in [5.41, 5.74) is -0.486. The van der Waals surface area contributed by atoms with Crippen molar-refractivity contribution < 1.29 is 26.0 Å². The van der Waals surface area contributed by atoms with Gasteiger partial charge in [0.1, 0.15) is 17.7 Å². The van der Waals surface area contributed by atoms with Gasteiger partial charge in [-0.2, -0.15) is 13.2 Å². The second kappa shape index (κ2) is 7.58. The van der Waals surface area contributed by atoms with Crippen molar-refractivity contribution >= 4 is 37.9 Å². The zero-order chi connectivity index (χ0) is 21.6. The minimum atomic E-state index is -4.62. The van der Waals surface area contributed by atoms with Gasteiger partial charge in [0, 0.05) is 11.6 Å². The molecule has 2 heterocycles. The molecule has 0 fully saturated rings. The fraction of sp³-hybridized carbons (Fsp3) is 0.250. The lowest BCUT2D eigenvalue weighted by atomic mass is 10.1. The maximum atomic E-state index is 13.6. The Kier molecular flexibility index (Phi) is 5.62. The standard InChI is InChI=1S/C16H13ClF4N4O2S2/c1-7-14(29(2,26)27)25-13(22-7)12(8-3-4-10(18)9(17)5-8)24-15-23-11(6-28-15)16(19,20)21/h3-6,12H,1-2H3,(H,22,25)(H,23,24). The Morgan fingerprint density at radius 3 is 2.48 bits per heavy atom. The number of hydrogen-bond acceptors (Lipinski definition) is 6. The van der Waals surface area contributed by atoms with E-state index in [1.165, 1.54) is 19.1 Å². The summed E-state index contributed by atoms with van der Waals surface area (Å²) in [5, 5.41) is 3.12. The molecule has 0 saturated heterocycles. The number of hydrogen-bond donors (Lipinski definition) is 2. The van der Waals surface area contributed by atoms with Crippen LogP contribution in [-0.4, -0.2) is 29.6 Å². The van der Waals surface area contributed by atoms with Crippen molar-refractivity contribution in [3.63, 3.8) is 0 Å².